The number of nitrogens with zero attached hydrogens (tertiary/aromatic N) is 3. The van der Waals surface area contributed by atoms with E-state index in [1.54, 1.807) is 24.0 Å². The van der Waals surface area contributed by atoms with Gasteiger partial charge in [-0.15, -0.1) is 0 Å². The average molecular weight is 720 g/mol. The summed E-state index contributed by atoms with van der Waals surface area (Å²) in [6, 6.07) is 0.556. The number of carbonyl (C=O) groups is 4. The number of aldehydes is 2. The number of allylic oxidation sites excluding steroid dienone is 4. The Hall–Kier alpha value is -3.09. The van der Waals surface area contributed by atoms with E-state index in [-0.39, 0.29) is 44.2 Å². The number of alkyl halides is 1. The Balaban J connectivity index is 1.62. The number of aliphatic hydroxyl groups excluding tert-OH is 1. The lowest BCUT2D eigenvalue weighted by Crippen LogP contribution is -2.53. The number of hydrogen-bond donors (Lipinski definition) is 2. The molecule has 3 rings (SSSR count). The highest BCUT2D eigenvalue weighted by molar-refractivity contribution is 5.68. The summed E-state index contributed by atoms with van der Waals surface area (Å²) in [5.41, 5.74) is -0.762. The van der Waals surface area contributed by atoms with E-state index in [4.69, 9.17) is 9.47 Å². The van der Waals surface area contributed by atoms with Crippen LogP contribution in [0.2, 0.25) is 0 Å². The van der Waals surface area contributed by atoms with Gasteiger partial charge < -0.3 is 39.1 Å². The predicted molar refractivity (Wildman–Crippen MR) is 194 cm³/mol. The molecule has 2 amide bonds. The van der Waals surface area contributed by atoms with Crippen LogP contribution < -0.4 is 0 Å². The minimum Gasteiger partial charge on any atom is -0.449 e. The largest absolute Gasteiger partial charge is 0.449 e. The van der Waals surface area contributed by atoms with Crippen LogP contribution in [0.1, 0.15) is 91.9 Å². The molecule has 0 radical (unpaired) electrons. The molecule has 2 aliphatic heterocycles. The van der Waals surface area contributed by atoms with E-state index in [1.807, 2.05) is 39.0 Å². The molecule has 1 aliphatic carbocycles. The number of hydrogen-bond acceptors (Lipinski definition) is 9. The van der Waals surface area contributed by atoms with E-state index in [2.05, 4.69) is 4.90 Å². The fourth-order valence-electron chi connectivity index (χ4n) is 7.06. The molecule has 0 unspecified atom stereocenters. The van der Waals surface area contributed by atoms with Gasteiger partial charge in [0, 0.05) is 57.0 Å². The van der Waals surface area contributed by atoms with Crippen LogP contribution in [-0.4, -0.2) is 126 Å². The second-order valence-electron chi connectivity index (χ2n) is 15.0. The number of rotatable bonds is 17. The third kappa shape index (κ3) is 14.1. The summed E-state index contributed by atoms with van der Waals surface area (Å²) in [5, 5.41) is 21.7. The van der Waals surface area contributed by atoms with Crippen molar-refractivity contribution >= 4 is 24.8 Å². The highest BCUT2D eigenvalue weighted by Crippen LogP contribution is 2.27. The minimum atomic E-state index is -1.55. The first kappa shape index (κ1) is 42.3. The molecule has 3 fully saturated rings. The zero-order valence-corrected chi connectivity index (χ0v) is 31.2. The Morgan fingerprint density at radius 3 is 2.24 bits per heavy atom. The second kappa shape index (κ2) is 21.4. The Bertz CT molecular complexity index is 1190. The number of piperazine rings is 1. The molecule has 0 aromatic heterocycles. The molecule has 2 saturated heterocycles. The van der Waals surface area contributed by atoms with E-state index in [1.165, 1.54) is 43.4 Å². The van der Waals surface area contributed by atoms with E-state index in [0.717, 1.165) is 24.9 Å². The molecule has 51 heavy (non-hydrogen) atoms. The molecular formula is C39H62FN3O8. The van der Waals surface area contributed by atoms with Crippen LogP contribution in [-0.2, 0) is 19.1 Å². The van der Waals surface area contributed by atoms with Crippen molar-refractivity contribution in [2.45, 2.75) is 122 Å². The fourth-order valence-corrected chi connectivity index (χ4v) is 7.06. The predicted octanol–water partition coefficient (Wildman–Crippen LogP) is 5.64. The van der Waals surface area contributed by atoms with Crippen molar-refractivity contribution in [3.63, 3.8) is 0 Å². The van der Waals surface area contributed by atoms with Gasteiger partial charge in [0.05, 0.1) is 19.3 Å². The van der Waals surface area contributed by atoms with Gasteiger partial charge in [0.2, 0.25) is 0 Å². The second-order valence-corrected chi connectivity index (χ2v) is 15.0. The van der Waals surface area contributed by atoms with E-state index in [0.29, 0.717) is 38.4 Å². The lowest BCUT2D eigenvalue weighted by molar-refractivity contribution is -0.111. The molecule has 11 nitrogen and oxygen atoms in total. The highest BCUT2D eigenvalue weighted by Gasteiger charge is 2.36. The minimum absolute atomic E-state index is 0.0525. The smallest absolute Gasteiger partial charge is 0.410 e. The fraction of sp³-hybridized carbons (Fsp3) is 0.744. The molecule has 2 N–H and O–H groups in total. The highest BCUT2D eigenvalue weighted by atomic mass is 19.1. The van der Waals surface area contributed by atoms with E-state index >= 15 is 0 Å². The number of likely N-dealkylation sites (tertiary alicyclic amines) is 1. The lowest BCUT2D eigenvalue weighted by atomic mass is 9.86. The Morgan fingerprint density at radius 2 is 1.63 bits per heavy atom. The number of amides is 2. The van der Waals surface area contributed by atoms with E-state index < -0.39 is 42.1 Å². The van der Waals surface area contributed by atoms with Gasteiger partial charge >= 0.3 is 12.2 Å². The van der Waals surface area contributed by atoms with Gasteiger partial charge in [-0.3, -0.25) is 4.90 Å². The Morgan fingerprint density at radius 1 is 0.941 bits per heavy atom. The van der Waals surface area contributed by atoms with Crippen LogP contribution in [0.15, 0.2) is 36.0 Å². The first-order valence-electron chi connectivity index (χ1n) is 18.9. The zero-order valence-electron chi connectivity index (χ0n) is 31.2. The van der Waals surface area contributed by atoms with Crippen molar-refractivity contribution < 1.29 is 43.3 Å². The summed E-state index contributed by atoms with van der Waals surface area (Å²) in [6.45, 7) is 10.3. The van der Waals surface area contributed by atoms with Crippen molar-refractivity contribution in [3.05, 3.63) is 36.0 Å². The SMILES string of the molecule is C/C(=C\C=C\[C@@H](C)COC(=O)N1CC[C@@H](F)C1)[C@@H](C=O)[C@@H](C)/C=C/[C@H](OC(=O)N1CCN(C2CCCCCC2)CC1)[C@@](C)(O)CC[C@H](O)CC=O. The van der Waals surface area contributed by atoms with Crippen molar-refractivity contribution in [1.29, 1.82) is 0 Å². The van der Waals surface area contributed by atoms with Crippen molar-refractivity contribution in [3.8, 4) is 0 Å². The van der Waals surface area contributed by atoms with E-state index in [9.17, 15) is 33.8 Å². The number of halogens is 1. The molecule has 1 saturated carbocycles. The maximum atomic E-state index is 13.4. The third-order valence-electron chi connectivity index (χ3n) is 10.6. The van der Waals surface area contributed by atoms with Crippen LogP contribution in [0, 0.1) is 17.8 Å². The van der Waals surface area contributed by atoms with Crippen LogP contribution >= 0.6 is 0 Å². The third-order valence-corrected chi connectivity index (χ3v) is 10.6. The Kier molecular flexibility index (Phi) is 17.8. The van der Waals surface area contributed by atoms with Gasteiger partial charge in [0.1, 0.15) is 24.3 Å². The standard InChI is InChI=1S/C39H62FN3O8/c1-29(28-50-37(47)43-20-17-32(40)26-43)10-9-11-30(2)35(27-45)31(3)14-15-36(39(4,49)19-16-34(46)18-25-44)51-38(48)42-23-21-41(22-24-42)33-12-7-5-6-8-13-33/h9-11,14-15,25,27,29,31-36,46,49H,5-8,12-13,16-24,26,28H2,1-4H3/b10-9+,15-14+,30-11+/t29-,31+,32-,34+,35-,36+,39+/m1/s1. The molecule has 12 heteroatoms. The topological polar surface area (TPSA) is 137 Å². The lowest BCUT2D eigenvalue weighted by Gasteiger charge is -2.40. The van der Waals surface area contributed by atoms with Gasteiger partial charge in [0.25, 0.3) is 0 Å². The van der Waals surface area contributed by atoms with Crippen molar-refractivity contribution in [2.24, 2.45) is 17.8 Å². The average Bonchev–Trinajstić information content (AvgIpc) is 3.36. The number of ether oxygens (including phenoxy) is 2. The van der Waals surface area contributed by atoms with Crippen LogP contribution in [0.4, 0.5) is 14.0 Å². The molecule has 2 heterocycles. The number of carbonyl (C=O) groups excluding carboxylic acids is 4. The summed E-state index contributed by atoms with van der Waals surface area (Å²) in [4.78, 5) is 54.3. The first-order chi connectivity index (χ1) is 24.3. The van der Waals surface area contributed by atoms with Crippen LogP contribution in [0.25, 0.3) is 0 Å². The number of aliphatic hydroxyl groups is 2. The van der Waals surface area contributed by atoms with Crippen molar-refractivity contribution in [2.75, 3.05) is 45.9 Å². The summed E-state index contributed by atoms with van der Waals surface area (Å²) in [6.07, 6.45) is 14.3. The summed E-state index contributed by atoms with van der Waals surface area (Å²) < 4.78 is 24.7. The van der Waals surface area contributed by atoms with Gasteiger partial charge in [-0.1, -0.05) is 69.4 Å². The van der Waals surface area contributed by atoms with Crippen molar-refractivity contribution in [1.82, 2.24) is 14.7 Å². The monoisotopic (exact) mass is 719 g/mol. The van der Waals surface area contributed by atoms with Gasteiger partial charge in [-0.25, -0.2) is 14.0 Å². The summed E-state index contributed by atoms with van der Waals surface area (Å²) in [5.74, 6) is -0.919. The molecule has 0 aromatic carbocycles. The normalized spacial score (nSPS) is 24.1. The first-order valence-corrected chi connectivity index (χ1v) is 18.9. The van der Waals surface area contributed by atoms with Crippen LogP contribution in [0.3, 0.4) is 0 Å². The van der Waals surface area contributed by atoms with Crippen LogP contribution in [0.5, 0.6) is 0 Å². The zero-order chi connectivity index (χ0) is 37.4. The summed E-state index contributed by atoms with van der Waals surface area (Å²) in [7, 11) is 0. The van der Waals surface area contributed by atoms with Gasteiger partial charge in [-0.2, -0.15) is 0 Å². The molecule has 0 spiro atoms. The quantitative estimate of drug-likeness (QED) is 0.0847. The molecule has 0 bridgehead atoms. The van der Waals surface area contributed by atoms with Gasteiger partial charge in [0.15, 0.2) is 6.10 Å². The molecular weight excluding hydrogens is 657 g/mol. The molecule has 3 aliphatic rings. The van der Waals surface area contributed by atoms with Gasteiger partial charge in [-0.05, 0) is 57.9 Å². The summed E-state index contributed by atoms with van der Waals surface area (Å²) >= 11 is 0. The maximum Gasteiger partial charge on any atom is 0.410 e. The Labute approximate surface area is 303 Å². The molecule has 288 valence electrons. The maximum absolute atomic E-state index is 13.4. The molecule has 0 aromatic rings. The molecule has 7 atom stereocenters.